The molecule has 3 heteroatoms. The highest BCUT2D eigenvalue weighted by atomic mass is 35.5. The van der Waals surface area contributed by atoms with Crippen molar-refractivity contribution in [3.05, 3.63) is 28.8 Å². The molecule has 2 nitrogen and oxygen atoms in total. The molecule has 92 valence electrons. The molecule has 0 aromatic heterocycles. The van der Waals surface area contributed by atoms with Crippen molar-refractivity contribution in [1.82, 2.24) is 0 Å². The standard InChI is InChI=1S/C14H18ClNO/c1-10-8-12(15)4-7-14(10)16-9-11-2-5-13(17)6-3-11/h4,7-8,11,16H,2-3,5-6,9H2,1H3. The zero-order chi connectivity index (χ0) is 12.3. The highest BCUT2D eigenvalue weighted by Gasteiger charge is 2.18. The van der Waals surface area contributed by atoms with E-state index in [0.29, 0.717) is 11.7 Å². The minimum Gasteiger partial charge on any atom is -0.385 e. The molecule has 1 N–H and O–H groups in total. The zero-order valence-corrected chi connectivity index (χ0v) is 10.9. The summed E-state index contributed by atoms with van der Waals surface area (Å²) in [6.07, 6.45) is 3.56. The van der Waals surface area contributed by atoms with Gasteiger partial charge in [0.25, 0.3) is 0 Å². The van der Waals surface area contributed by atoms with Gasteiger partial charge in [-0.3, -0.25) is 4.79 Å². The van der Waals surface area contributed by atoms with E-state index in [1.54, 1.807) is 0 Å². The zero-order valence-electron chi connectivity index (χ0n) is 10.1. The quantitative estimate of drug-likeness (QED) is 0.885. The Morgan fingerprint density at radius 1 is 1.35 bits per heavy atom. The summed E-state index contributed by atoms with van der Waals surface area (Å²) >= 11 is 5.92. The average molecular weight is 252 g/mol. The second-order valence-corrected chi connectivity index (χ2v) is 5.26. The molecule has 1 saturated carbocycles. The molecule has 1 aliphatic carbocycles. The van der Waals surface area contributed by atoms with Gasteiger partial charge >= 0.3 is 0 Å². The topological polar surface area (TPSA) is 29.1 Å². The number of benzene rings is 1. The van der Waals surface area contributed by atoms with E-state index < -0.39 is 0 Å². The molecule has 1 aromatic carbocycles. The van der Waals surface area contributed by atoms with Crippen LogP contribution in [0.3, 0.4) is 0 Å². The molecule has 2 rings (SSSR count). The van der Waals surface area contributed by atoms with Crippen molar-refractivity contribution >= 4 is 23.1 Å². The van der Waals surface area contributed by atoms with E-state index >= 15 is 0 Å². The van der Waals surface area contributed by atoms with Crippen molar-refractivity contribution in [2.75, 3.05) is 11.9 Å². The van der Waals surface area contributed by atoms with E-state index in [9.17, 15) is 4.79 Å². The first kappa shape index (κ1) is 12.4. The van der Waals surface area contributed by atoms with Crippen molar-refractivity contribution in [3.8, 4) is 0 Å². The fourth-order valence-electron chi connectivity index (χ4n) is 2.28. The van der Waals surface area contributed by atoms with Crippen LogP contribution in [-0.4, -0.2) is 12.3 Å². The van der Waals surface area contributed by atoms with Crippen LogP contribution in [-0.2, 0) is 4.79 Å². The minimum atomic E-state index is 0.420. The van der Waals surface area contributed by atoms with Gasteiger partial charge < -0.3 is 5.32 Å². The first-order valence-corrected chi connectivity index (χ1v) is 6.54. The molecule has 0 spiro atoms. The Morgan fingerprint density at radius 3 is 2.71 bits per heavy atom. The molecule has 0 radical (unpaired) electrons. The van der Waals surface area contributed by atoms with Gasteiger partial charge in [0, 0.05) is 30.1 Å². The Morgan fingerprint density at radius 2 is 2.06 bits per heavy atom. The number of hydrogen-bond acceptors (Lipinski definition) is 2. The third-order valence-corrected chi connectivity index (χ3v) is 3.67. The number of Topliss-reactive ketones (excluding diaryl/α,β-unsaturated/α-hetero) is 1. The molecule has 0 amide bonds. The van der Waals surface area contributed by atoms with Gasteiger partial charge in [-0.25, -0.2) is 0 Å². The summed E-state index contributed by atoms with van der Waals surface area (Å²) in [6.45, 7) is 3.01. The molecular formula is C14H18ClNO. The predicted molar refractivity (Wildman–Crippen MR) is 71.6 cm³/mol. The van der Waals surface area contributed by atoms with Crippen molar-refractivity contribution in [2.45, 2.75) is 32.6 Å². The third-order valence-electron chi connectivity index (χ3n) is 3.43. The molecule has 0 saturated heterocycles. The first-order chi connectivity index (χ1) is 8.15. The Hall–Kier alpha value is -1.02. The van der Waals surface area contributed by atoms with Crippen molar-refractivity contribution < 1.29 is 4.79 Å². The number of rotatable bonds is 3. The number of hydrogen-bond donors (Lipinski definition) is 1. The average Bonchev–Trinajstić information content (AvgIpc) is 2.30. The molecular weight excluding hydrogens is 234 g/mol. The number of halogens is 1. The number of anilines is 1. The molecule has 0 bridgehead atoms. The van der Waals surface area contributed by atoms with Gasteiger partial charge in [0.1, 0.15) is 5.78 Å². The summed E-state index contributed by atoms with van der Waals surface area (Å²) in [6, 6.07) is 5.89. The van der Waals surface area contributed by atoms with E-state index in [2.05, 4.69) is 12.2 Å². The predicted octanol–water partition coefficient (Wildman–Crippen LogP) is 3.82. The van der Waals surface area contributed by atoms with E-state index in [1.165, 1.54) is 5.56 Å². The van der Waals surface area contributed by atoms with Crippen molar-refractivity contribution in [2.24, 2.45) is 5.92 Å². The van der Waals surface area contributed by atoms with Crippen LogP contribution in [0.1, 0.15) is 31.2 Å². The maximum atomic E-state index is 11.1. The lowest BCUT2D eigenvalue weighted by atomic mass is 9.88. The van der Waals surface area contributed by atoms with Gasteiger partial charge in [0.2, 0.25) is 0 Å². The van der Waals surface area contributed by atoms with Gasteiger partial charge in [0.05, 0.1) is 0 Å². The fraction of sp³-hybridized carbons (Fsp3) is 0.500. The normalized spacial score (nSPS) is 17.2. The smallest absolute Gasteiger partial charge is 0.132 e. The first-order valence-electron chi connectivity index (χ1n) is 6.17. The summed E-state index contributed by atoms with van der Waals surface area (Å²) in [5, 5.41) is 4.23. The summed E-state index contributed by atoms with van der Waals surface area (Å²) in [5.74, 6) is 1.05. The molecule has 1 aliphatic rings. The SMILES string of the molecule is Cc1cc(Cl)ccc1NCC1CCC(=O)CC1. The van der Waals surface area contributed by atoms with Crippen LogP contribution in [0.25, 0.3) is 0 Å². The Labute approximate surface area is 107 Å². The number of aryl methyl sites for hydroxylation is 1. The maximum absolute atomic E-state index is 11.1. The number of nitrogens with one attached hydrogen (secondary N) is 1. The van der Waals surface area contributed by atoms with Gasteiger partial charge in [-0.2, -0.15) is 0 Å². The van der Waals surface area contributed by atoms with Gasteiger partial charge in [0.15, 0.2) is 0 Å². The van der Waals surface area contributed by atoms with Crippen LogP contribution in [0.15, 0.2) is 18.2 Å². The van der Waals surface area contributed by atoms with E-state index in [4.69, 9.17) is 11.6 Å². The Kier molecular flexibility index (Phi) is 4.06. The van der Waals surface area contributed by atoms with Crippen molar-refractivity contribution in [1.29, 1.82) is 0 Å². The second-order valence-electron chi connectivity index (χ2n) is 4.82. The van der Waals surface area contributed by atoms with Crippen LogP contribution in [0.4, 0.5) is 5.69 Å². The van der Waals surface area contributed by atoms with Gasteiger partial charge in [-0.15, -0.1) is 0 Å². The number of carbonyl (C=O) groups is 1. The molecule has 1 fully saturated rings. The Bertz CT molecular complexity index is 407. The maximum Gasteiger partial charge on any atom is 0.132 e. The molecule has 0 unspecified atom stereocenters. The van der Waals surface area contributed by atoms with Crippen molar-refractivity contribution in [3.63, 3.8) is 0 Å². The monoisotopic (exact) mass is 251 g/mol. The third kappa shape index (κ3) is 3.47. The van der Waals surface area contributed by atoms with Crippen LogP contribution < -0.4 is 5.32 Å². The lowest BCUT2D eigenvalue weighted by molar-refractivity contribution is -0.120. The number of ketones is 1. The Balaban J connectivity index is 1.87. The summed E-state index contributed by atoms with van der Waals surface area (Å²) in [5.41, 5.74) is 2.32. The van der Waals surface area contributed by atoms with Crippen LogP contribution in [0, 0.1) is 12.8 Å². The summed E-state index contributed by atoms with van der Waals surface area (Å²) in [7, 11) is 0. The van der Waals surface area contributed by atoms with Crippen LogP contribution in [0.2, 0.25) is 5.02 Å². The second kappa shape index (κ2) is 5.54. The highest BCUT2D eigenvalue weighted by molar-refractivity contribution is 6.30. The molecule has 0 atom stereocenters. The molecule has 1 aromatic rings. The van der Waals surface area contributed by atoms with E-state index in [0.717, 1.165) is 42.9 Å². The van der Waals surface area contributed by atoms with E-state index in [-0.39, 0.29) is 0 Å². The van der Waals surface area contributed by atoms with Crippen LogP contribution >= 0.6 is 11.6 Å². The lowest BCUT2D eigenvalue weighted by Crippen LogP contribution is -2.21. The molecule has 0 aliphatic heterocycles. The molecule has 17 heavy (non-hydrogen) atoms. The largest absolute Gasteiger partial charge is 0.385 e. The summed E-state index contributed by atoms with van der Waals surface area (Å²) in [4.78, 5) is 11.1. The lowest BCUT2D eigenvalue weighted by Gasteiger charge is -2.22. The molecule has 0 heterocycles. The van der Waals surface area contributed by atoms with Crippen LogP contribution in [0.5, 0.6) is 0 Å². The minimum absolute atomic E-state index is 0.420. The van der Waals surface area contributed by atoms with Gasteiger partial charge in [-0.05, 0) is 49.4 Å². The van der Waals surface area contributed by atoms with E-state index in [1.807, 2.05) is 18.2 Å². The fourth-order valence-corrected chi connectivity index (χ4v) is 2.51. The number of carbonyl (C=O) groups excluding carboxylic acids is 1. The highest BCUT2D eigenvalue weighted by Crippen LogP contribution is 2.24. The van der Waals surface area contributed by atoms with Gasteiger partial charge in [-0.1, -0.05) is 11.6 Å². The summed E-state index contributed by atoms with van der Waals surface area (Å²) < 4.78 is 0.